The van der Waals surface area contributed by atoms with Crippen LogP contribution in [-0.4, -0.2) is 24.0 Å². The SMILES string of the molecule is CC(OC(=O)C1CCCCC1)C(F)(F)C(=O)[O-]. The number of alkyl halides is 2. The number of carbonyl (C=O) groups excluding carboxylic acids is 2. The second-order valence-corrected chi connectivity index (χ2v) is 4.32. The third-order valence-electron chi connectivity index (χ3n) is 3.01. The highest BCUT2D eigenvalue weighted by molar-refractivity contribution is 5.76. The fourth-order valence-corrected chi connectivity index (χ4v) is 1.85. The van der Waals surface area contributed by atoms with Crippen LogP contribution in [0.5, 0.6) is 0 Å². The van der Waals surface area contributed by atoms with Crippen molar-refractivity contribution in [1.29, 1.82) is 0 Å². The first-order chi connectivity index (χ1) is 7.85. The standard InChI is InChI=1S/C11H16F2O4/c1-7(11(12,13)10(15)16)17-9(14)8-5-3-2-4-6-8/h7-8H,2-6H2,1H3,(H,15,16)/p-1. The molecule has 0 radical (unpaired) electrons. The van der Waals surface area contributed by atoms with Gasteiger partial charge in [-0.1, -0.05) is 19.3 Å². The van der Waals surface area contributed by atoms with Gasteiger partial charge in [0.1, 0.15) is 5.97 Å². The summed E-state index contributed by atoms with van der Waals surface area (Å²) in [5, 5.41) is 10.2. The summed E-state index contributed by atoms with van der Waals surface area (Å²) in [6.07, 6.45) is 1.98. The Balaban J connectivity index is 2.53. The molecule has 6 heteroatoms. The summed E-state index contributed by atoms with van der Waals surface area (Å²) in [4.78, 5) is 21.7. The van der Waals surface area contributed by atoms with Crippen LogP contribution >= 0.6 is 0 Å². The molecule has 0 N–H and O–H groups in total. The Morgan fingerprint density at radius 2 is 1.82 bits per heavy atom. The van der Waals surface area contributed by atoms with Gasteiger partial charge in [0.25, 0.3) is 0 Å². The van der Waals surface area contributed by atoms with Crippen molar-refractivity contribution < 1.29 is 28.2 Å². The summed E-state index contributed by atoms with van der Waals surface area (Å²) in [6, 6.07) is 0. The fraction of sp³-hybridized carbons (Fsp3) is 0.818. The minimum Gasteiger partial charge on any atom is -0.544 e. The maximum Gasteiger partial charge on any atom is 0.322 e. The number of ether oxygens (including phenoxy) is 1. The van der Waals surface area contributed by atoms with Crippen LogP contribution in [0.3, 0.4) is 0 Å². The highest BCUT2D eigenvalue weighted by Crippen LogP contribution is 2.27. The van der Waals surface area contributed by atoms with Crippen LogP contribution in [0.4, 0.5) is 8.78 Å². The van der Waals surface area contributed by atoms with Crippen LogP contribution in [0.25, 0.3) is 0 Å². The van der Waals surface area contributed by atoms with E-state index in [0.29, 0.717) is 12.8 Å². The average molecular weight is 249 g/mol. The summed E-state index contributed by atoms with van der Waals surface area (Å²) < 4.78 is 30.4. The minimum atomic E-state index is -4.15. The molecule has 98 valence electrons. The van der Waals surface area contributed by atoms with Gasteiger partial charge in [0.2, 0.25) is 0 Å². The van der Waals surface area contributed by atoms with Crippen LogP contribution < -0.4 is 5.11 Å². The molecule has 0 saturated heterocycles. The molecular weight excluding hydrogens is 234 g/mol. The predicted octanol–water partition coefficient (Wildman–Crippen LogP) is 0.884. The van der Waals surface area contributed by atoms with Crippen LogP contribution in [0.2, 0.25) is 0 Å². The van der Waals surface area contributed by atoms with Crippen molar-refractivity contribution in [2.45, 2.75) is 51.1 Å². The Bertz CT molecular complexity index is 298. The van der Waals surface area contributed by atoms with E-state index in [1.54, 1.807) is 0 Å². The molecule has 1 unspecified atom stereocenters. The molecule has 1 saturated carbocycles. The number of hydrogen-bond donors (Lipinski definition) is 0. The lowest BCUT2D eigenvalue weighted by atomic mass is 9.89. The summed E-state index contributed by atoms with van der Waals surface area (Å²) in [7, 11) is 0. The van der Waals surface area contributed by atoms with Gasteiger partial charge in [0.05, 0.1) is 5.92 Å². The first-order valence-electron chi connectivity index (χ1n) is 5.65. The smallest absolute Gasteiger partial charge is 0.322 e. The van der Waals surface area contributed by atoms with E-state index < -0.39 is 24.0 Å². The molecule has 1 aliphatic rings. The molecule has 0 spiro atoms. The van der Waals surface area contributed by atoms with E-state index in [1.165, 1.54) is 0 Å². The van der Waals surface area contributed by atoms with E-state index in [1.807, 2.05) is 0 Å². The van der Waals surface area contributed by atoms with Gasteiger partial charge in [-0.3, -0.25) is 4.79 Å². The fourth-order valence-electron chi connectivity index (χ4n) is 1.85. The van der Waals surface area contributed by atoms with Gasteiger partial charge in [0.15, 0.2) is 6.10 Å². The molecule has 0 heterocycles. The largest absolute Gasteiger partial charge is 0.544 e. The lowest BCUT2D eigenvalue weighted by Crippen LogP contribution is -2.50. The topological polar surface area (TPSA) is 66.4 Å². The van der Waals surface area contributed by atoms with Crippen LogP contribution in [0.15, 0.2) is 0 Å². The number of aliphatic carboxylic acids is 1. The van der Waals surface area contributed by atoms with Crippen molar-refractivity contribution in [3.63, 3.8) is 0 Å². The number of esters is 1. The molecule has 0 aliphatic heterocycles. The maximum absolute atomic E-state index is 12.9. The Hall–Kier alpha value is -1.20. The van der Waals surface area contributed by atoms with Crippen molar-refractivity contribution in [2.24, 2.45) is 5.92 Å². The molecule has 1 fully saturated rings. The zero-order chi connectivity index (χ0) is 13.1. The third-order valence-corrected chi connectivity index (χ3v) is 3.01. The van der Waals surface area contributed by atoms with Crippen LogP contribution in [0, 0.1) is 5.92 Å². The summed E-state index contributed by atoms with van der Waals surface area (Å²) in [6.45, 7) is 0.858. The van der Waals surface area contributed by atoms with E-state index in [-0.39, 0.29) is 5.92 Å². The summed E-state index contributed by atoms with van der Waals surface area (Å²) >= 11 is 0. The van der Waals surface area contributed by atoms with Gasteiger partial charge in [-0.25, -0.2) is 0 Å². The average Bonchev–Trinajstić information content (AvgIpc) is 2.29. The molecule has 17 heavy (non-hydrogen) atoms. The van der Waals surface area contributed by atoms with Gasteiger partial charge in [-0.2, -0.15) is 8.78 Å². The molecule has 0 aromatic heterocycles. The molecule has 1 aliphatic carbocycles. The van der Waals surface area contributed by atoms with E-state index >= 15 is 0 Å². The first kappa shape index (κ1) is 13.9. The van der Waals surface area contributed by atoms with E-state index in [9.17, 15) is 23.5 Å². The zero-order valence-corrected chi connectivity index (χ0v) is 9.58. The number of carboxylic acids is 1. The highest BCUT2D eigenvalue weighted by Gasteiger charge is 2.42. The second-order valence-electron chi connectivity index (χ2n) is 4.32. The van der Waals surface area contributed by atoms with Crippen LogP contribution in [0.1, 0.15) is 39.0 Å². The number of rotatable bonds is 4. The summed E-state index contributed by atoms with van der Waals surface area (Å²) in [5.41, 5.74) is 0. The van der Waals surface area contributed by atoms with Crippen molar-refractivity contribution in [1.82, 2.24) is 0 Å². The normalized spacial score (nSPS) is 19.7. The quantitative estimate of drug-likeness (QED) is 0.694. The van der Waals surface area contributed by atoms with Gasteiger partial charge in [-0.05, 0) is 19.8 Å². The van der Waals surface area contributed by atoms with Gasteiger partial charge < -0.3 is 14.6 Å². The van der Waals surface area contributed by atoms with Gasteiger partial charge in [0, 0.05) is 0 Å². The van der Waals surface area contributed by atoms with E-state index in [4.69, 9.17) is 0 Å². The monoisotopic (exact) mass is 249 g/mol. The predicted molar refractivity (Wildman–Crippen MR) is 52.1 cm³/mol. The molecule has 0 amide bonds. The van der Waals surface area contributed by atoms with Crippen molar-refractivity contribution in [2.75, 3.05) is 0 Å². The third kappa shape index (κ3) is 3.38. The van der Waals surface area contributed by atoms with Crippen LogP contribution in [-0.2, 0) is 14.3 Å². The second kappa shape index (κ2) is 5.42. The number of halogens is 2. The van der Waals surface area contributed by atoms with E-state index in [2.05, 4.69) is 4.74 Å². The maximum atomic E-state index is 12.9. The number of carboxylic acid groups (broad SMARTS) is 1. The Morgan fingerprint density at radius 1 is 1.29 bits per heavy atom. The molecular formula is C11H15F2O4-. The molecule has 0 aromatic rings. The summed E-state index contributed by atoms with van der Waals surface area (Å²) in [5.74, 6) is -7.80. The molecule has 1 rings (SSSR count). The van der Waals surface area contributed by atoms with E-state index in [0.717, 1.165) is 26.2 Å². The van der Waals surface area contributed by atoms with Gasteiger partial charge >= 0.3 is 11.9 Å². The number of hydrogen-bond acceptors (Lipinski definition) is 4. The van der Waals surface area contributed by atoms with Crippen molar-refractivity contribution >= 4 is 11.9 Å². The first-order valence-corrected chi connectivity index (χ1v) is 5.65. The highest BCUT2D eigenvalue weighted by atomic mass is 19.3. The zero-order valence-electron chi connectivity index (χ0n) is 9.58. The lowest BCUT2D eigenvalue weighted by molar-refractivity contribution is -0.335. The Morgan fingerprint density at radius 3 is 2.29 bits per heavy atom. The molecule has 1 atom stereocenters. The molecule has 4 nitrogen and oxygen atoms in total. The molecule has 0 bridgehead atoms. The lowest BCUT2D eigenvalue weighted by Gasteiger charge is -2.27. The van der Waals surface area contributed by atoms with Crippen molar-refractivity contribution in [3.8, 4) is 0 Å². The van der Waals surface area contributed by atoms with Crippen molar-refractivity contribution in [3.05, 3.63) is 0 Å². The Labute approximate surface area is 97.9 Å². The molecule has 0 aromatic carbocycles. The minimum absolute atomic E-state index is 0.385. The number of carbonyl (C=O) groups is 2. The van der Waals surface area contributed by atoms with Gasteiger partial charge in [-0.15, -0.1) is 0 Å². The Kier molecular flexibility index (Phi) is 4.42.